The Morgan fingerprint density at radius 3 is 2.60 bits per heavy atom. The van der Waals surface area contributed by atoms with Crippen LogP contribution in [0.15, 0.2) is 98.3 Å². The molecule has 1 atom stereocenters. The molecule has 1 aromatic heterocycles. The van der Waals surface area contributed by atoms with Crippen LogP contribution >= 0.6 is 27.3 Å². The summed E-state index contributed by atoms with van der Waals surface area (Å²) >= 11 is 4.85. The third-order valence-electron chi connectivity index (χ3n) is 6.54. The fraction of sp³-hybridized carbons (Fsp3) is 0.161. The van der Waals surface area contributed by atoms with Crippen LogP contribution in [0, 0.1) is 11.3 Å². The Bertz CT molecular complexity index is 1850. The fourth-order valence-electron chi connectivity index (χ4n) is 4.60. The number of benzene rings is 3. The Hall–Kier alpha value is -4.26. The van der Waals surface area contributed by atoms with Crippen molar-refractivity contribution in [2.24, 2.45) is 4.99 Å². The van der Waals surface area contributed by atoms with Crippen molar-refractivity contribution in [1.29, 1.82) is 5.26 Å². The van der Waals surface area contributed by atoms with Crippen LogP contribution in [0.5, 0.6) is 5.75 Å². The molecule has 0 amide bonds. The van der Waals surface area contributed by atoms with Gasteiger partial charge >= 0.3 is 5.97 Å². The average Bonchev–Trinajstić information content (AvgIpc) is 3.29. The number of fused-ring (bicyclic) bond motifs is 1. The normalized spacial score (nSPS) is 14.8. The zero-order chi connectivity index (χ0) is 28.2. The Labute approximate surface area is 243 Å². The number of thiazole rings is 1. The highest BCUT2D eigenvalue weighted by Gasteiger charge is 2.33. The molecule has 200 valence electrons. The van der Waals surface area contributed by atoms with Crippen molar-refractivity contribution >= 4 is 39.3 Å². The van der Waals surface area contributed by atoms with E-state index in [1.165, 1.54) is 18.4 Å². The number of rotatable bonds is 7. The zero-order valence-corrected chi connectivity index (χ0v) is 24.2. The van der Waals surface area contributed by atoms with Gasteiger partial charge in [0.05, 0.1) is 45.1 Å². The van der Waals surface area contributed by atoms with Gasteiger partial charge in [-0.05, 0) is 57.8 Å². The van der Waals surface area contributed by atoms with Crippen molar-refractivity contribution < 1.29 is 14.3 Å². The number of aromatic nitrogens is 1. The van der Waals surface area contributed by atoms with Gasteiger partial charge in [0.15, 0.2) is 4.80 Å². The minimum absolute atomic E-state index is 0.237. The first-order valence-corrected chi connectivity index (χ1v) is 14.1. The molecule has 0 saturated heterocycles. The maximum absolute atomic E-state index is 13.8. The van der Waals surface area contributed by atoms with E-state index in [2.05, 4.69) is 22.0 Å². The molecule has 5 rings (SSSR count). The van der Waals surface area contributed by atoms with Crippen LogP contribution in [0.1, 0.15) is 41.6 Å². The molecule has 0 fully saturated rings. The smallest absolute Gasteiger partial charge is 0.338 e. The molecule has 1 aliphatic rings. The van der Waals surface area contributed by atoms with E-state index in [0.717, 1.165) is 16.7 Å². The van der Waals surface area contributed by atoms with E-state index < -0.39 is 12.0 Å². The van der Waals surface area contributed by atoms with Crippen molar-refractivity contribution in [3.05, 3.63) is 130 Å². The lowest BCUT2D eigenvalue weighted by Gasteiger charge is -2.25. The minimum Gasteiger partial charge on any atom is -0.488 e. The Morgan fingerprint density at radius 1 is 1.15 bits per heavy atom. The minimum atomic E-state index is -0.638. The average molecular weight is 615 g/mol. The highest BCUT2D eigenvalue weighted by molar-refractivity contribution is 9.10. The second-order valence-electron chi connectivity index (χ2n) is 8.95. The number of nitrogens with zero attached hydrogens (tertiary/aromatic N) is 3. The molecular formula is C31H24BrN3O4S. The van der Waals surface area contributed by atoms with E-state index in [1.807, 2.05) is 73.7 Å². The van der Waals surface area contributed by atoms with Crippen LogP contribution in [0.3, 0.4) is 0 Å². The van der Waals surface area contributed by atoms with Gasteiger partial charge in [0.25, 0.3) is 5.56 Å². The monoisotopic (exact) mass is 613 g/mol. The van der Waals surface area contributed by atoms with Crippen molar-refractivity contribution in [3.63, 3.8) is 0 Å². The third-order valence-corrected chi connectivity index (χ3v) is 8.14. The van der Waals surface area contributed by atoms with Gasteiger partial charge < -0.3 is 9.47 Å². The number of carbonyl (C=O) groups excluding carboxylic acids is 1. The highest BCUT2D eigenvalue weighted by atomic mass is 79.9. The Morgan fingerprint density at radius 2 is 1.90 bits per heavy atom. The van der Waals surface area contributed by atoms with Gasteiger partial charge in [-0.2, -0.15) is 5.26 Å². The Balaban J connectivity index is 1.53. The summed E-state index contributed by atoms with van der Waals surface area (Å²) in [6.45, 7) is 2.18. The molecule has 2 heterocycles. The second kappa shape index (κ2) is 11.9. The molecule has 0 spiro atoms. The van der Waals surface area contributed by atoms with Crippen molar-refractivity contribution in [3.8, 4) is 11.8 Å². The van der Waals surface area contributed by atoms with E-state index in [0.29, 0.717) is 42.8 Å². The van der Waals surface area contributed by atoms with Crippen molar-refractivity contribution in [2.45, 2.75) is 26.0 Å². The number of ether oxygens (including phenoxy) is 2. The summed E-state index contributed by atoms with van der Waals surface area (Å²) in [7, 11) is 1.34. The van der Waals surface area contributed by atoms with E-state index in [-0.39, 0.29) is 12.2 Å². The molecule has 3 aromatic carbocycles. The molecule has 0 unspecified atom stereocenters. The van der Waals surface area contributed by atoms with Crippen molar-refractivity contribution in [1.82, 2.24) is 4.57 Å². The number of carbonyl (C=O) groups is 1. The maximum atomic E-state index is 13.8. The molecule has 40 heavy (non-hydrogen) atoms. The highest BCUT2D eigenvalue weighted by Crippen LogP contribution is 2.32. The van der Waals surface area contributed by atoms with E-state index in [1.54, 1.807) is 16.7 Å². The Kier molecular flexibility index (Phi) is 8.10. The fourth-order valence-corrected chi connectivity index (χ4v) is 6.13. The van der Waals surface area contributed by atoms with Crippen LogP contribution in [0.2, 0.25) is 0 Å². The van der Waals surface area contributed by atoms with E-state index in [4.69, 9.17) is 14.5 Å². The molecule has 0 aliphatic carbocycles. The summed E-state index contributed by atoms with van der Waals surface area (Å²) in [5, 5.41) is 9.32. The number of allylic oxidation sites excluding steroid dienone is 1. The quantitative estimate of drug-likeness (QED) is 0.273. The number of halogens is 1. The van der Waals surface area contributed by atoms with Crippen LogP contribution in [0.25, 0.3) is 6.08 Å². The van der Waals surface area contributed by atoms with E-state index >= 15 is 0 Å². The summed E-state index contributed by atoms with van der Waals surface area (Å²) in [5.74, 6) is 0.117. The molecule has 0 saturated carbocycles. The van der Waals surface area contributed by atoms with Gasteiger partial charge in [0.2, 0.25) is 0 Å². The maximum Gasteiger partial charge on any atom is 0.338 e. The standard InChI is InChI=1S/C31H24BrN3O4S/c1-3-24-27(30(37)38-2)28(20-9-5-4-6-10-20)35-29(36)26(40-31(35)34-24)16-19-13-14-25(23(32)15-19)39-18-22-12-8-7-11-21(22)17-33/h4-16,28H,3,18H2,1-2H3/b26-16-/t28-/m0/s1. The molecule has 0 N–H and O–H groups in total. The predicted molar refractivity (Wildman–Crippen MR) is 156 cm³/mol. The second-order valence-corrected chi connectivity index (χ2v) is 10.8. The zero-order valence-electron chi connectivity index (χ0n) is 21.8. The first kappa shape index (κ1) is 27.3. The summed E-state index contributed by atoms with van der Waals surface area (Å²) in [6.07, 6.45) is 2.32. The van der Waals surface area contributed by atoms with Crippen LogP contribution in [-0.4, -0.2) is 17.6 Å². The van der Waals surface area contributed by atoms with Crippen LogP contribution < -0.4 is 19.6 Å². The van der Waals surface area contributed by atoms with Crippen molar-refractivity contribution in [2.75, 3.05) is 7.11 Å². The largest absolute Gasteiger partial charge is 0.488 e. The van der Waals surface area contributed by atoms with Gasteiger partial charge in [-0.25, -0.2) is 9.79 Å². The van der Waals surface area contributed by atoms with Crippen LogP contribution in [-0.2, 0) is 16.1 Å². The molecule has 7 nitrogen and oxygen atoms in total. The van der Waals surface area contributed by atoms with Gasteiger partial charge in [-0.15, -0.1) is 0 Å². The lowest BCUT2D eigenvalue weighted by molar-refractivity contribution is -0.136. The van der Waals surface area contributed by atoms with Crippen LogP contribution in [0.4, 0.5) is 0 Å². The van der Waals surface area contributed by atoms with Gasteiger partial charge in [-0.3, -0.25) is 9.36 Å². The summed E-state index contributed by atoms with van der Waals surface area (Å²) in [6, 6.07) is 23.8. The molecule has 0 bridgehead atoms. The van der Waals surface area contributed by atoms with Gasteiger partial charge in [-0.1, -0.05) is 72.9 Å². The topological polar surface area (TPSA) is 93.7 Å². The van der Waals surface area contributed by atoms with Gasteiger partial charge in [0, 0.05) is 5.56 Å². The number of esters is 1. The number of hydrogen-bond donors (Lipinski definition) is 0. The summed E-state index contributed by atoms with van der Waals surface area (Å²) in [5.41, 5.74) is 3.71. The SMILES string of the molecule is CCC1=C(C(=O)OC)[C@H](c2ccccc2)n2c(s/c(=C\c3ccc(OCc4ccccc4C#N)c(Br)c3)c2=O)=N1. The number of nitriles is 1. The molecule has 0 radical (unpaired) electrons. The first-order chi connectivity index (χ1) is 19.4. The molecule has 1 aliphatic heterocycles. The molecule has 4 aromatic rings. The van der Waals surface area contributed by atoms with Gasteiger partial charge in [0.1, 0.15) is 12.4 Å². The predicted octanol–water partition coefficient (Wildman–Crippen LogP) is 5.01. The number of hydrogen-bond acceptors (Lipinski definition) is 7. The third kappa shape index (κ3) is 5.28. The van der Waals surface area contributed by atoms with E-state index in [9.17, 15) is 14.9 Å². The number of methoxy groups -OCH3 is 1. The molecule has 9 heteroatoms. The lowest BCUT2D eigenvalue weighted by Crippen LogP contribution is -2.40. The summed E-state index contributed by atoms with van der Waals surface area (Å²) < 4.78 is 13.8. The lowest BCUT2D eigenvalue weighted by atomic mass is 9.95. The molecular weight excluding hydrogens is 590 g/mol. The first-order valence-electron chi connectivity index (χ1n) is 12.5. The summed E-state index contributed by atoms with van der Waals surface area (Å²) in [4.78, 5) is 31.9.